The fourth-order valence-corrected chi connectivity index (χ4v) is 4.51. The fraction of sp³-hybridized carbons (Fsp3) is 0.355. The monoisotopic (exact) mass is 586 g/mol. The van der Waals surface area contributed by atoms with Gasteiger partial charge in [0.2, 0.25) is 5.88 Å². The Kier molecular flexibility index (Phi) is 10.4. The zero-order valence-corrected chi connectivity index (χ0v) is 23.6. The first kappa shape index (κ1) is 30.9. The molecule has 0 saturated carbocycles. The molecule has 3 aromatic rings. The minimum Gasteiger partial charge on any atom is -0.475 e. The second kappa shape index (κ2) is 14.2. The lowest BCUT2D eigenvalue weighted by Crippen LogP contribution is -2.28. The van der Waals surface area contributed by atoms with E-state index >= 15 is 0 Å². The smallest absolute Gasteiger partial charge is 0.475 e. The maximum absolute atomic E-state index is 14.3. The minimum absolute atomic E-state index is 0.00772. The quantitative estimate of drug-likeness (QED) is 0.178. The van der Waals surface area contributed by atoms with Gasteiger partial charge >= 0.3 is 12.3 Å². The number of ether oxygens (including phenoxy) is 5. The van der Waals surface area contributed by atoms with E-state index in [4.69, 9.17) is 23.7 Å². The third-order valence-electron chi connectivity index (χ3n) is 6.20. The van der Waals surface area contributed by atoms with Crippen LogP contribution in [0, 0.1) is 0 Å². The van der Waals surface area contributed by atoms with E-state index in [-0.39, 0.29) is 61.0 Å². The van der Waals surface area contributed by atoms with E-state index in [2.05, 4.69) is 10.3 Å². The first-order chi connectivity index (χ1) is 20.2. The number of halogens is 3. The third-order valence-corrected chi connectivity index (χ3v) is 6.20. The molecular formula is C31H33F3N2O6. The van der Waals surface area contributed by atoms with Gasteiger partial charge in [0.1, 0.15) is 5.76 Å². The maximum Gasteiger partial charge on any atom is 0.513 e. The number of nitrogens with zero attached hydrogens (tertiary/aromatic N) is 1. The summed E-state index contributed by atoms with van der Waals surface area (Å²) in [6.07, 6.45) is -4.60. The molecule has 2 heterocycles. The number of pyridine rings is 1. The predicted molar refractivity (Wildman–Crippen MR) is 149 cm³/mol. The van der Waals surface area contributed by atoms with Crippen LogP contribution in [0.2, 0.25) is 0 Å². The van der Waals surface area contributed by atoms with Crippen molar-refractivity contribution in [3.05, 3.63) is 101 Å². The van der Waals surface area contributed by atoms with Crippen molar-refractivity contribution in [1.29, 1.82) is 0 Å². The topological polar surface area (TPSA) is 88.1 Å². The molecule has 0 radical (unpaired) electrons. The van der Waals surface area contributed by atoms with Crippen LogP contribution in [0.25, 0.3) is 0 Å². The molecule has 224 valence electrons. The maximum atomic E-state index is 14.3. The van der Waals surface area contributed by atoms with Gasteiger partial charge in [-0.05, 0) is 44.0 Å². The second-order valence-electron chi connectivity index (χ2n) is 9.61. The molecule has 1 N–H and O–H groups in total. The van der Waals surface area contributed by atoms with Crippen molar-refractivity contribution in [2.45, 2.75) is 45.6 Å². The van der Waals surface area contributed by atoms with Gasteiger partial charge in [-0.25, -0.2) is 9.78 Å². The average Bonchev–Trinajstić information content (AvgIpc) is 2.95. The summed E-state index contributed by atoms with van der Waals surface area (Å²) in [6.45, 7) is 5.89. The third kappa shape index (κ3) is 7.80. The van der Waals surface area contributed by atoms with Crippen LogP contribution in [-0.2, 0) is 31.7 Å². The molecule has 0 spiro atoms. The van der Waals surface area contributed by atoms with E-state index in [0.717, 1.165) is 11.6 Å². The second-order valence-corrected chi connectivity index (χ2v) is 9.61. The number of carbonyl (C=O) groups is 1. The molecule has 0 bridgehead atoms. The van der Waals surface area contributed by atoms with Crippen molar-refractivity contribution >= 4 is 11.8 Å². The lowest BCUT2D eigenvalue weighted by atomic mass is 9.83. The first-order valence-electron chi connectivity index (χ1n) is 13.5. The molecule has 0 saturated heterocycles. The molecule has 0 aliphatic carbocycles. The molecule has 11 heteroatoms. The van der Waals surface area contributed by atoms with E-state index in [1.165, 1.54) is 24.4 Å². The summed E-state index contributed by atoms with van der Waals surface area (Å²) in [6, 6.07) is 16.4. The molecule has 1 atom stereocenters. The molecular weight excluding hydrogens is 553 g/mol. The molecule has 42 heavy (non-hydrogen) atoms. The van der Waals surface area contributed by atoms with Gasteiger partial charge < -0.3 is 29.0 Å². The van der Waals surface area contributed by atoms with Crippen molar-refractivity contribution in [2.75, 3.05) is 31.7 Å². The number of allylic oxidation sites excluding steroid dienone is 1. The van der Waals surface area contributed by atoms with Crippen LogP contribution in [0.15, 0.2) is 78.3 Å². The summed E-state index contributed by atoms with van der Waals surface area (Å²) in [7, 11) is 0. The van der Waals surface area contributed by atoms with Crippen LogP contribution in [0.4, 0.5) is 23.7 Å². The number of hydrogen-bond donors (Lipinski definition) is 1. The highest BCUT2D eigenvalue weighted by atomic mass is 19.4. The van der Waals surface area contributed by atoms with E-state index in [1.807, 2.05) is 30.3 Å². The highest BCUT2D eigenvalue weighted by Crippen LogP contribution is 2.49. The number of carbonyl (C=O) groups excluding carboxylic acids is 1. The van der Waals surface area contributed by atoms with Crippen molar-refractivity contribution in [2.24, 2.45) is 0 Å². The van der Waals surface area contributed by atoms with Crippen molar-refractivity contribution in [1.82, 2.24) is 4.98 Å². The van der Waals surface area contributed by atoms with E-state index in [1.54, 1.807) is 26.8 Å². The van der Waals surface area contributed by atoms with Gasteiger partial charge in [-0.1, -0.05) is 48.5 Å². The molecule has 0 fully saturated rings. The number of rotatable bonds is 12. The van der Waals surface area contributed by atoms with Crippen LogP contribution >= 0.6 is 0 Å². The molecule has 1 aromatic heterocycles. The Bertz CT molecular complexity index is 1380. The molecule has 1 aliphatic heterocycles. The number of alkyl halides is 3. The summed E-state index contributed by atoms with van der Waals surface area (Å²) in [5.74, 6) is -1.22. The Morgan fingerprint density at radius 1 is 0.976 bits per heavy atom. The fourth-order valence-electron chi connectivity index (χ4n) is 4.51. The molecule has 0 amide bonds. The van der Waals surface area contributed by atoms with Gasteiger partial charge in [-0.2, -0.15) is 13.2 Å². The van der Waals surface area contributed by atoms with Crippen LogP contribution in [0.1, 0.15) is 48.9 Å². The number of anilines is 1. The number of fused-ring (bicyclic) bond motifs is 1. The predicted octanol–water partition coefficient (Wildman–Crippen LogP) is 7.06. The summed E-state index contributed by atoms with van der Waals surface area (Å²) in [5, 5.41) is 3.16. The van der Waals surface area contributed by atoms with Gasteiger partial charge in [0.05, 0.1) is 61.9 Å². The van der Waals surface area contributed by atoms with Crippen LogP contribution in [0.3, 0.4) is 0 Å². The van der Waals surface area contributed by atoms with E-state index in [0.29, 0.717) is 12.3 Å². The Balaban J connectivity index is 1.71. The van der Waals surface area contributed by atoms with E-state index < -0.39 is 23.8 Å². The van der Waals surface area contributed by atoms with Gasteiger partial charge in [-0.15, -0.1) is 0 Å². The number of nitrogens with one attached hydrogen (secondary N) is 1. The Morgan fingerprint density at radius 2 is 1.67 bits per heavy atom. The molecule has 2 aromatic carbocycles. The first-order valence-corrected chi connectivity index (χ1v) is 13.5. The normalized spacial score (nSPS) is 14.8. The largest absolute Gasteiger partial charge is 0.513 e. The van der Waals surface area contributed by atoms with E-state index in [9.17, 15) is 18.0 Å². The van der Waals surface area contributed by atoms with Crippen molar-refractivity contribution < 1.29 is 41.7 Å². The average molecular weight is 587 g/mol. The minimum atomic E-state index is -4.69. The van der Waals surface area contributed by atoms with Crippen molar-refractivity contribution in [3.63, 3.8) is 0 Å². The van der Waals surface area contributed by atoms with Gasteiger partial charge in [0, 0.05) is 11.9 Å². The summed E-state index contributed by atoms with van der Waals surface area (Å²) < 4.78 is 70.9. The van der Waals surface area contributed by atoms with Gasteiger partial charge in [0.15, 0.2) is 0 Å². The molecule has 1 unspecified atom stereocenters. The zero-order valence-electron chi connectivity index (χ0n) is 23.6. The Labute approximate surface area is 242 Å². The zero-order chi connectivity index (χ0) is 30.1. The van der Waals surface area contributed by atoms with Gasteiger partial charge in [-0.3, -0.25) is 0 Å². The summed E-state index contributed by atoms with van der Waals surface area (Å²) >= 11 is 0. The summed E-state index contributed by atoms with van der Waals surface area (Å²) in [4.78, 5) is 16.9. The Hall–Kier alpha value is -4.09. The number of benzene rings is 2. The van der Waals surface area contributed by atoms with Gasteiger partial charge in [0.25, 0.3) is 0 Å². The number of hydrogen-bond acceptors (Lipinski definition) is 8. The molecule has 1 aliphatic rings. The van der Waals surface area contributed by atoms with Crippen molar-refractivity contribution in [3.8, 4) is 5.88 Å². The lowest BCUT2D eigenvalue weighted by Gasteiger charge is -2.33. The highest BCUT2D eigenvalue weighted by Gasteiger charge is 2.42. The van der Waals surface area contributed by atoms with Crippen LogP contribution in [0.5, 0.6) is 5.88 Å². The van der Waals surface area contributed by atoms with Crippen LogP contribution < -0.4 is 10.1 Å². The molecule has 4 rings (SSSR count). The highest BCUT2D eigenvalue weighted by molar-refractivity contribution is 5.71. The number of aromatic nitrogens is 1. The Morgan fingerprint density at radius 3 is 2.36 bits per heavy atom. The standard InChI is InChI=1S/C31H33F3N2O6/c1-4-40-30(37)42-28-25(19-39-17-16-38-18-21-10-6-5-7-11-21)36-24-14-15-35-29(41-20(2)3)27(24)26(28)22-12-8-9-13-23(22)31(32,33)34/h5-15,20,26,36H,4,16-19H2,1-3H3. The lowest BCUT2D eigenvalue weighted by molar-refractivity contribution is -0.138. The molecule has 8 nitrogen and oxygen atoms in total. The summed E-state index contributed by atoms with van der Waals surface area (Å²) in [5.41, 5.74) is 0.964. The van der Waals surface area contributed by atoms with Crippen LogP contribution in [-0.4, -0.2) is 43.7 Å². The SMILES string of the molecule is CCOC(=O)OC1=C(COCCOCc2ccccc2)Nc2ccnc(OC(C)C)c2C1c1ccccc1C(F)(F)F.